The number of aliphatic imine (C=N–C) groups is 1. The van der Waals surface area contributed by atoms with E-state index in [0.29, 0.717) is 28.5 Å². The molecule has 4 aromatic rings. The Labute approximate surface area is 243 Å². The average Bonchev–Trinajstić information content (AvgIpc) is 3.76. The van der Waals surface area contributed by atoms with E-state index in [1.54, 1.807) is 24.3 Å². The van der Waals surface area contributed by atoms with Gasteiger partial charge >= 0.3 is 12.1 Å². The average molecular weight is 596 g/mol. The van der Waals surface area contributed by atoms with Crippen LogP contribution in [0.3, 0.4) is 0 Å². The highest BCUT2D eigenvalue weighted by Gasteiger charge is 2.34. The lowest BCUT2D eigenvalue weighted by Crippen LogP contribution is -2.30. The molecule has 1 aromatic carbocycles. The molecule has 1 fully saturated rings. The van der Waals surface area contributed by atoms with Gasteiger partial charge in [0.05, 0.1) is 38.6 Å². The molecular formula is C29H28F3N7O4. The number of anilines is 1. The van der Waals surface area contributed by atoms with Gasteiger partial charge < -0.3 is 19.8 Å². The second-order valence-corrected chi connectivity index (χ2v) is 10.0. The number of halogens is 3. The fraction of sp³-hybridized carbons (Fsp3) is 0.310. The van der Waals surface area contributed by atoms with Crippen LogP contribution in [0.1, 0.15) is 57.2 Å². The smallest absolute Gasteiger partial charge is 0.434 e. The van der Waals surface area contributed by atoms with E-state index in [1.807, 2.05) is 0 Å². The first kappa shape index (κ1) is 29.5. The van der Waals surface area contributed by atoms with Crippen molar-refractivity contribution in [3.05, 3.63) is 86.9 Å². The quantitative estimate of drug-likeness (QED) is 0.227. The molecule has 5 rings (SSSR count). The molecule has 1 saturated carbocycles. The van der Waals surface area contributed by atoms with Crippen molar-refractivity contribution < 1.29 is 27.4 Å². The summed E-state index contributed by atoms with van der Waals surface area (Å²) in [6.07, 6.45) is 1.31. The highest BCUT2D eigenvalue weighted by molar-refractivity contribution is 5.94. The first-order valence-corrected chi connectivity index (χ1v) is 13.2. The number of nitrogens with two attached hydrogens (primary N) is 1. The van der Waals surface area contributed by atoms with Crippen molar-refractivity contribution in [2.75, 3.05) is 20.0 Å². The molecular weight excluding hydrogens is 567 g/mol. The number of nitrogen functional groups attached to an aromatic ring is 1. The van der Waals surface area contributed by atoms with E-state index in [4.69, 9.17) is 15.2 Å². The number of hydrogen-bond donors (Lipinski definition) is 1. The molecule has 0 unspecified atom stereocenters. The summed E-state index contributed by atoms with van der Waals surface area (Å²) in [5, 5.41) is 0. The zero-order chi connectivity index (χ0) is 30.9. The molecule has 2 N–H and O–H groups in total. The summed E-state index contributed by atoms with van der Waals surface area (Å²) in [6, 6.07) is 7.80. The number of benzene rings is 1. The number of carbonyl (C=O) groups excluding carboxylic acids is 1. The van der Waals surface area contributed by atoms with Gasteiger partial charge in [-0.25, -0.2) is 19.7 Å². The number of nitrogens with zero attached hydrogens (tertiary/aromatic N) is 6. The number of aromatic nitrogens is 5. The van der Waals surface area contributed by atoms with Crippen LogP contribution in [0.4, 0.5) is 19.0 Å². The van der Waals surface area contributed by atoms with Crippen LogP contribution in [0.2, 0.25) is 0 Å². The van der Waals surface area contributed by atoms with Gasteiger partial charge in [-0.05, 0) is 24.5 Å². The Hall–Kier alpha value is -5.01. The predicted octanol–water partition coefficient (Wildman–Crippen LogP) is 3.98. The van der Waals surface area contributed by atoms with Crippen molar-refractivity contribution >= 4 is 18.0 Å². The monoisotopic (exact) mass is 595 g/mol. The summed E-state index contributed by atoms with van der Waals surface area (Å²) in [5.74, 6) is 0.101. The number of ether oxygens (including phenoxy) is 2. The van der Waals surface area contributed by atoms with Crippen LogP contribution in [-0.4, -0.2) is 50.5 Å². The van der Waals surface area contributed by atoms with Gasteiger partial charge in [0.2, 0.25) is 5.88 Å². The lowest BCUT2D eigenvalue weighted by atomic mass is 10.1. The number of rotatable bonds is 9. The van der Waals surface area contributed by atoms with Crippen molar-refractivity contribution in [1.29, 1.82) is 0 Å². The third-order valence-corrected chi connectivity index (χ3v) is 7.06. The summed E-state index contributed by atoms with van der Waals surface area (Å²) in [4.78, 5) is 42.5. The van der Waals surface area contributed by atoms with Crippen LogP contribution in [-0.2, 0) is 31.1 Å². The van der Waals surface area contributed by atoms with Gasteiger partial charge in [-0.1, -0.05) is 24.3 Å². The molecule has 0 bridgehead atoms. The number of imidazole rings is 1. The molecule has 14 heteroatoms. The second-order valence-electron chi connectivity index (χ2n) is 10.0. The van der Waals surface area contributed by atoms with E-state index in [1.165, 1.54) is 41.9 Å². The van der Waals surface area contributed by atoms with Gasteiger partial charge in [0, 0.05) is 36.5 Å². The number of hydrogen-bond acceptors (Lipinski definition) is 9. The van der Waals surface area contributed by atoms with Crippen molar-refractivity contribution in [2.45, 2.75) is 38.0 Å². The van der Waals surface area contributed by atoms with Gasteiger partial charge in [0.1, 0.15) is 23.5 Å². The Morgan fingerprint density at radius 2 is 1.91 bits per heavy atom. The Balaban J connectivity index is 1.45. The molecule has 0 spiro atoms. The van der Waals surface area contributed by atoms with Gasteiger partial charge in [0.15, 0.2) is 5.69 Å². The molecule has 0 saturated heterocycles. The Bertz CT molecular complexity index is 1760. The van der Waals surface area contributed by atoms with E-state index >= 15 is 0 Å². The second kappa shape index (κ2) is 11.7. The number of carbonyl (C=O) groups is 1. The van der Waals surface area contributed by atoms with Crippen LogP contribution in [0.5, 0.6) is 5.88 Å². The number of aryl methyl sites for hydroxylation is 1. The SMILES string of the molecule is COC(=O)c1cc(C=NCc2c(OC)ncnc2C2CC2)c(N)n(Cc2ccc(-c3nc(C(F)(F)F)cn3C)cc2)c1=O. The molecule has 0 radical (unpaired) electrons. The normalized spacial score (nSPS) is 13.4. The van der Waals surface area contributed by atoms with Gasteiger partial charge in [-0.3, -0.25) is 14.4 Å². The fourth-order valence-corrected chi connectivity index (χ4v) is 4.71. The zero-order valence-electron chi connectivity index (χ0n) is 23.6. The van der Waals surface area contributed by atoms with Crippen molar-refractivity contribution in [1.82, 2.24) is 24.1 Å². The minimum atomic E-state index is -4.57. The molecule has 224 valence electrons. The van der Waals surface area contributed by atoms with E-state index in [9.17, 15) is 22.8 Å². The van der Waals surface area contributed by atoms with Crippen LogP contribution in [0.15, 0.2) is 52.6 Å². The topological polar surface area (TPSA) is 140 Å². The lowest BCUT2D eigenvalue weighted by molar-refractivity contribution is -0.140. The Morgan fingerprint density at radius 3 is 2.51 bits per heavy atom. The number of methoxy groups -OCH3 is 2. The van der Waals surface area contributed by atoms with Crippen LogP contribution in [0, 0.1) is 0 Å². The van der Waals surface area contributed by atoms with Gasteiger partial charge in [-0.2, -0.15) is 13.2 Å². The third kappa shape index (κ3) is 6.12. The lowest BCUT2D eigenvalue weighted by Gasteiger charge is -2.14. The summed E-state index contributed by atoms with van der Waals surface area (Å²) in [6.45, 7) is 0.157. The summed E-state index contributed by atoms with van der Waals surface area (Å²) < 4.78 is 52.0. The number of alkyl halides is 3. The van der Waals surface area contributed by atoms with Crippen LogP contribution >= 0.6 is 0 Å². The molecule has 0 aliphatic heterocycles. The molecule has 1 aliphatic rings. The minimum Gasteiger partial charge on any atom is -0.481 e. The molecule has 3 heterocycles. The molecule has 1 aliphatic carbocycles. The Morgan fingerprint density at radius 1 is 1.19 bits per heavy atom. The maximum absolute atomic E-state index is 13.3. The van der Waals surface area contributed by atoms with Crippen molar-refractivity contribution in [3.63, 3.8) is 0 Å². The summed E-state index contributed by atoms with van der Waals surface area (Å²) >= 11 is 0. The van der Waals surface area contributed by atoms with Gasteiger partial charge in [0.25, 0.3) is 5.56 Å². The van der Waals surface area contributed by atoms with Crippen LogP contribution in [0.25, 0.3) is 11.4 Å². The maximum atomic E-state index is 13.3. The fourth-order valence-electron chi connectivity index (χ4n) is 4.71. The summed E-state index contributed by atoms with van der Waals surface area (Å²) in [5.41, 5.74) is 7.49. The largest absolute Gasteiger partial charge is 0.481 e. The standard InChI is InChI=1S/C29H28F3N7O4/c1-38-14-22(29(30,31)32)37-25(38)18-6-4-16(5-7-18)13-39-24(33)19(10-20(27(39)40)28(41)43-3)11-34-12-21-23(17-8-9-17)35-15-36-26(21)42-2/h4-7,10-11,14-15,17H,8-9,12-13,33H2,1-3H3. The van der Waals surface area contributed by atoms with E-state index < -0.39 is 23.4 Å². The van der Waals surface area contributed by atoms with Crippen molar-refractivity contribution in [3.8, 4) is 17.3 Å². The Kier molecular flexibility index (Phi) is 8.02. The van der Waals surface area contributed by atoms with E-state index in [-0.39, 0.29) is 30.3 Å². The first-order valence-electron chi connectivity index (χ1n) is 13.2. The predicted molar refractivity (Wildman–Crippen MR) is 151 cm³/mol. The first-order chi connectivity index (χ1) is 20.5. The molecule has 43 heavy (non-hydrogen) atoms. The van der Waals surface area contributed by atoms with Crippen LogP contribution < -0.4 is 16.0 Å². The molecule has 0 atom stereocenters. The molecule has 0 amide bonds. The van der Waals surface area contributed by atoms with E-state index in [2.05, 4.69) is 19.9 Å². The molecule has 3 aromatic heterocycles. The highest BCUT2D eigenvalue weighted by atomic mass is 19.4. The summed E-state index contributed by atoms with van der Waals surface area (Å²) in [7, 11) is 4.16. The maximum Gasteiger partial charge on any atom is 0.434 e. The number of esters is 1. The zero-order valence-corrected chi connectivity index (χ0v) is 23.6. The van der Waals surface area contributed by atoms with E-state index in [0.717, 1.165) is 37.4 Å². The van der Waals surface area contributed by atoms with Gasteiger partial charge in [-0.15, -0.1) is 0 Å². The highest BCUT2D eigenvalue weighted by Crippen LogP contribution is 2.42. The minimum absolute atomic E-state index is 0.0306. The number of pyridine rings is 1. The third-order valence-electron chi connectivity index (χ3n) is 7.06. The molecule has 11 nitrogen and oxygen atoms in total. The van der Waals surface area contributed by atoms with Crippen molar-refractivity contribution in [2.24, 2.45) is 12.0 Å².